The molecule has 0 aromatic heterocycles. The molecule has 0 bridgehead atoms. The Kier molecular flexibility index (Phi) is 5.47. The van der Waals surface area contributed by atoms with Gasteiger partial charge in [-0.25, -0.2) is 0 Å². The molecule has 0 aromatic rings. The molecular formula is C12H24BrN. The van der Waals surface area contributed by atoms with Crippen LogP contribution in [0.4, 0.5) is 0 Å². The fourth-order valence-corrected chi connectivity index (χ4v) is 2.41. The van der Waals surface area contributed by atoms with Gasteiger partial charge in [-0.3, -0.25) is 0 Å². The standard InChI is InChI=1S/C12H24BrN/c1-4-11(7-13)8-14(10(2)3)9-12-5-6-12/h10-12H,4-9H2,1-3H3. The van der Waals surface area contributed by atoms with Gasteiger partial charge in [-0.1, -0.05) is 29.3 Å². The van der Waals surface area contributed by atoms with Crippen molar-refractivity contribution in [3.8, 4) is 0 Å². The Morgan fingerprint density at radius 3 is 2.36 bits per heavy atom. The summed E-state index contributed by atoms with van der Waals surface area (Å²) in [6, 6.07) is 0.712. The lowest BCUT2D eigenvalue weighted by Crippen LogP contribution is -2.37. The van der Waals surface area contributed by atoms with Gasteiger partial charge in [0.2, 0.25) is 0 Å². The lowest BCUT2D eigenvalue weighted by Gasteiger charge is -2.29. The minimum atomic E-state index is 0.712. The van der Waals surface area contributed by atoms with Gasteiger partial charge >= 0.3 is 0 Å². The number of halogens is 1. The first-order valence-corrected chi connectivity index (χ1v) is 7.09. The van der Waals surface area contributed by atoms with Crippen LogP contribution >= 0.6 is 15.9 Å². The maximum absolute atomic E-state index is 3.61. The molecule has 1 aliphatic rings. The monoisotopic (exact) mass is 261 g/mol. The van der Waals surface area contributed by atoms with Crippen LogP contribution in [0.2, 0.25) is 0 Å². The highest BCUT2D eigenvalue weighted by molar-refractivity contribution is 9.09. The van der Waals surface area contributed by atoms with E-state index in [0.717, 1.165) is 17.2 Å². The maximum atomic E-state index is 3.61. The molecule has 2 heteroatoms. The van der Waals surface area contributed by atoms with Crippen LogP contribution in [0.25, 0.3) is 0 Å². The van der Waals surface area contributed by atoms with E-state index in [9.17, 15) is 0 Å². The van der Waals surface area contributed by atoms with Crippen molar-refractivity contribution in [1.29, 1.82) is 0 Å². The Balaban J connectivity index is 2.32. The molecule has 0 aliphatic heterocycles. The van der Waals surface area contributed by atoms with E-state index in [1.807, 2.05) is 0 Å². The minimum absolute atomic E-state index is 0.712. The first-order chi connectivity index (χ1) is 6.67. The third-order valence-corrected chi connectivity index (χ3v) is 4.12. The molecule has 1 aliphatic carbocycles. The highest BCUT2D eigenvalue weighted by Crippen LogP contribution is 2.30. The number of hydrogen-bond acceptors (Lipinski definition) is 1. The summed E-state index contributed by atoms with van der Waals surface area (Å²) in [5, 5.41) is 1.15. The predicted molar refractivity (Wildman–Crippen MR) is 67.0 cm³/mol. The molecule has 1 saturated carbocycles. The molecule has 0 heterocycles. The quantitative estimate of drug-likeness (QED) is 0.634. The lowest BCUT2D eigenvalue weighted by atomic mass is 10.1. The zero-order chi connectivity index (χ0) is 10.6. The Labute approximate surface area is 97.4 Å². The van der Waals surface area contributed by atoms with Gasteiger partial charge < -0.3 is 4.90 Å². The summed E-state index contributed by atoms with van der Waals surface area (Å²) >= 11 is 3.61. The highest BCUT2D eigenvalue weighted by Gasteiger charge is 2.26. The van der Waals surface area contributed by atoms with Crippen LogP contribution in [0, 0.1) is 11.8 Å². The molecule has 0 spiro atoms. The topological polar surface area (TPSA) is 3.24 Å². The molecule has 1 rings (SSSR count). The van der Waals surface area contributed by atoms with Gasteiger partial charge in [0.1, 0.15) is 0 Å². The van der Waals surface area contributed by atoms with Crippen molar-refractivity contribution in [2.75, 3.05) is 18.4 Å². The molecule has 0 amide bonds. The average molecular weight is 262 g/mol. The minimum Gasteiger partial charge on any atom is -0.300 e. The Bertz CT molecular complexity index is 150. The first kappa shape index (κ1) is 12.5. The number of hydrogen-bond donors (Lipinski definition) is 0. The van der Waals surface area contributed by atoms with Crippen molar-refractivity contribution in [2.24, 2.45) is 11.8 Å². The van der Waals surface area contributed by atoms with E-state index in [2.05, 4.69) is 41.6 Å². The summed E-state index contributed by atoms with van der Waals surface area (Å²) in [4.78, 5) is 2.66. The Hall–Kier alpha value is 0.440. The molecule has 0 N–H and O–H groups in total. The number of nitrogens with zero attached hydrogens (tertiary/aromatic N) is 1. The summed E-state index contributed by atoms with van der Waals surface area (Å²) in [6.07, 6.45) is 4.22. The summed E-state index contributed by atoms with van der Waals surface area (Å²) in [5.74, 6) is 1.85. The van der Waals surface area contributed by atoms with Crippen LogP contribution in [0.15, 0.2) is 0 Å². The van der Waals surface area contributed by atoms with E-state index >= 15 is 0 Å². The van der Waals surface area contributed by atoms with E-state index < -0.39 is 0 Å². The molecule has 1 atom stereocenters. The largest absolute Gasteiger partial charge is 0.300 e. The van der Waals surface area contributed by atoms with E-state index in [0.29, 0.717) is 6.04 Å². The second-order valence-corrected chi connectivity index (χ2v) is 5.57. The second-order valence-electron chi connectivity index (χ2n) is 4.92. The molecule has 1 fully saturated rings. The van der Waals surface area contributed by atoms with Crippen LogP contribution in [-0.2, 0) is 0 Å². The van der Waals surface area contributed by atoms with Crippen LogP contribution in [0.5, 0.6) is 0 Å². The van der Waals surface area contributed by atoms with E-state index in [4.69, 9.17) is 0 Å². The molecule has 1 unspecified atom stereocenters. The van der Waals surface area contributed by atoms with Crippen molar-refractivity contribution in [2.45, 2.75) is 46.1 Å². The van der Waals surface area contributed by atoms with E-state index in [1.54, 1.807) is 0 Å². The van der Waals surface area contributed by atoms with Crippen LogP contribution in [0.1, 0.15) is 40.0 Å². The van der Waals surface area contributed by atoms with Crippen LogP contribution in [-0.4, -0.2) is 29.4 Å². The van der Waals surface area contributed by atoms with E-state index in [-0.39, 0.29) is 0 Å². The zero-order valence-electron chi connectivity index (χ0n) is 9.80. The molecule has 84 valence electrons. The Morgan fingerprint density at radius 2 is 2.00 bits per heavy atom. The summed E-state index contributed by atoms with van der Waals surface area (Å²) < 4.78 is 0. The molecule has 0 saturated heterocycles. The van der Waals surface area contributed by atoms with Gasteiger partial charge in [-0.2, -0.15) is 0 Å². The van der Waals surface area contributed by atoms with Crippen molar-refractivity contribution in [1.82, 2.24) is 4.90 Å². The van der Waals surface area contributed by atoms with Gasteiger partial charge in [0.15, 0.2) is 0 Å². The predicted octanol–water partition coefficient (Wildman–Crippen LogP) is 3.53. The smallest absolute Gasteiger partial charge is 0.00717 e. The molecule has 14 heavy (non-hydrogen) atoms. The van der Waals surface area contributed by atoms with Gasteiger partial charge in [-0.15, -0.1) is 0 Å². The van der Waals surface area contributed by atoms with E-state index in [1.165, 1.54) is 32.4 Å². The fourth-order valence-electron chi connectivity index (χ4n) is 1.75. The second kappa shape index (κ2) is 6.12. The van der Waals surface area contributed by atoms with Gasteiger partial charge in [-0.05, 0) is 38.5 Å². The highest BCUT2D eigenvalue weighted by atomic mass is 79.9. The Morgan fingerprint density at radius 1 is 1.36 bits per heavy atom. The number of alkyl halides is 1. The summed E-state index contributed by atoms with van der Waals surface area (Å²) in [6.45, 7) is 9.55. The van der Waals surface area contributed by atoms with Crippen LogP contribution < -0.4 is 0 Å². The first-order valence-electron chi connectivity index (χ1n) is 5.97. The van der Waals surface area contributed by atoms with Gasteiger partial charge in [0.05, 0.1) is 0 Å². The fraction of sp³-hybridized carbons (Fsp3) is 1.00. The van der Waals surface area contributed by atoms with Crippen LogP contribution in [0.3, 0.4) is 0 Å². The summed E-state index contributed by atoms with van der Waals surface area (Å²) in [7, 11) is 0. The zero-order valence-corrected chi connectivity index (χ0v) is 11.4. The average Bonchev–Trinajstić information content (AvgIpc) is 2.95. The van der Waals surface area contributed by atoms with Crippen molar-refractivity contribution in [3.05, 3.63) is 0 Å². The third-order valence-electron chi connectivity index (χ3n) is 3.21. The molecule has 1 nitrogen and oxygen atoms in total. The van der Waals surface area contributed by atoms with Gasteiger partial charge in [0, 0.05) is 24.5 Å². The normalized spacial score (nSPS) is 19.3. The molecule has 0 radical (unpaired) electrons. The number of rotatable bonds is 7. The summed E-state index contributed by atoms with van der Waals surface area (Å²) in [5.41, 5.74) is 0. The van der Waals surface area contributed by atoms with Crippen molar-refractivity contribution < 1.29 is 0 Å². The SMILES string of the molecule is CCC(CBr)CN(CC1CC1)C(C)C. The van der Waals surface area contributed by atoms with Crippen molar-refractivity contribution >= 4 is 15.9 Å². The third kappa shape index (κ3) is 4.31. The van der Waals surface area contributed by atoms with Gasteiger partial charge in [0.25, 0.3) is 0 Å². The van der Waals surface area contributed by atoms with Crippen molar-refractivity contribution in [3.63, 3.8) is 0 Å². The maximum Gasteiger partial charge on any atom is 0.00717 e. The molecule has 0 aromatic carbocycles. The molecular weight excluding hydrogens is 238 g/mol. The lowest BCUT2D eigenvalue weighted by molar-refractivity contribution is 0.184.